The van der Waals surface area contributed by atoms with Crippen molar-refractivity contribution in [2.24, 2.45) is 5.14 Å². The van der Waals surface area contributed by atoms with Gasteiger partial charge in [-0.15, -0.1) is 0 Å². The number of nitrogens with one attached hydrogen (secondary N) is 1. The first-order chi connectivity index (χ1) is 11.7. The second-order valence-corrected chi connectivity index (χ2v) is 6.97. The molecule has 3 N–H and O–H groups in total. The summed E-state index contributed by atoms with van der Waals surface area (Å²) >= 11 is 0. The Labute approximate surface area is 146 Å². The Hall–Kier alpha value is -2.58. The summed E-state index contributed by atoms with van der Waals surface area (Å²) in [6.07, 6.45) is 0. The topological polar surface area (TPSA) is 108 Å². The molecule has 0 fully saturated rings. The predicted molar refractivity (Wildman–Crippen MR) is 93.2 cm³/mol. The zero-order chi connectivity index (χ0) is 18.6. The highest BCUT2D eigenvalue weighted by molar-refractivity contribution is 7.89. The molecule has 2 rings (SSSR count). The first-order valence-electron chi connectivity index (χ1n) is 7.41. The van der Waals surface area contributed by atoms with Gasteiger partial charge in [-0.05, 0) is 36.8 Å². The molecule has 0 saturated heterocycles. The van der Waals surface area contributed by atoms with Gasteiger partial charge in [-0.3, -0.25) is 4.79 Å². The van der Waals surface area contributed by atoms with Gasteiger partial charge >= 0.3 is 0 Å². The van der Waals surface area contributed by atoms with Gasteiger partial charge in [-0.2, -0.15) is 0 Å². The lowest BCUT2D eigenvalue weighted by Crippen LogP contribution is -2.26. The molecular weight excluding hydrogens is 344 g/mol. The summed E-state index contributed by atoms with van der Waals surface area (Å²) in [5.41, 5.74) is 1.14. The minimum absolute atomic E-state index is 0.0207. The molecule has 7 nitrogen and oxygen atoms in total. The molecule has 0 aromatic heterocycles. The van der Waals surface area contributed by atoms with Gasteiger partial charge in [-0.1, -0.05) is 12.1 Å². The third kappa shape index (κ3) is 4.71. The summed E-state index contributed by atoms with van der Waals surface area (Å²) in [6.45, 7) is 1.79. The quantitative estimate of drug-likeness (QED) is 0.813. The fourth-order valence-electron chi connectivity index (χ4n) is 2.25. The van der Waals surface area contributed by atoms with Gasteiger partial charge in [0, 0.05) is 11.6 Å². The molecule has 8 heteroatoms. The van der Waals surface area contributed by atoms with Gasteiger partial charge in [0.15, 0.2) is 0 Å². The predicted octanol–water partition coefficient (Wildman–Crippen LogP) is 1.84. The van der Waals surface area contributed by atoms with E-state index in [1.807, 2.05) is 0 Å². The normalized spacial score (nSPS) is 12.3. The van der Waals surface area contributed by atoms with E-state index in [0.29, 0.717) is 17.1 Å². The summed E-state index contributed by atoms with van der Waals surface area (Å²) in [5, 5.41) is 7.92. The van der Waals surface area contributed by atoms with Crippen LogP contribution in [0.4, 0.5) is 0 Å². The third-order valence-corrected chi connectivity index (χ3v) is 4.60. The van der Waals surface area contributed by atoms with E-state index < -0.39 is 10.0 Å². The number of sulfonamides is 1. The number of nitrogens with two attached hydrogens (primary N) is 1. The number of hydrogen-bond donors (Lipinski definition) is 2. The van der Waals surface area contributed by atoms with Gasteiger partial charge in [-0.25, -0.2) is 13.6 Å². The van der Waals surface area contributed by atoms with Crippen molar-refractivity contribution in [2.45, 2.75) is 17.9 Å². The minimum atomic E-state index is -3.74. The molecule has 0 spiro atoms. The number of carbonyl (C=O) groups excluding carboxylic acids is 1. The smallest absolute Gasteiger partial charge is 0.252 e. The van der Waals surface area contributed by atoms with Crippen LogP contribution in [0.2, 0.25) is 0 Å². The Kier molecular flexibility index (Phi) is 5.66. The van der Waals surface area contributed by atoms with Crippen molar-refractivity contribution >= 4 is 15.9 Å². The molecule has 0 unspecified atom stereocenters. The number of ether oxygens (including phenoxy) is 2. The Balaban J connectivity index is 2.17. The van der Waals surface area contributed by atoms with E-state index in [0.717, 1.165) is 5.56 Å². The van der Waals surface area contributed by atoms with E-state index in [1.165, 1.54) is 26.4 Å². The second kappa shape index (κ2) is 7.54. The Morgan fingerprint density at radius 1 is 1.04 bits per heavy atom. The summed E-state index contributed by atoms with van der Waals surface area (Å²) in [4.78, 5) is 12.5. The highest BCUT2D eigenvalue weighted by Gasteiger charge is 2.15. The molecular formula is C17H20N2O5S. The van der Waals surface area contributed by atoms with Crippen molar-refractivity contribution in [3.63, 3.8) is 0 Å². The van der Waals surface area contributed by atoms with Crippen molar-refractivity contribution in [3.8, 4) is 11.5 Å². The maximum absolute atomic E-state index is 12.5. The van der Waals surface area contributed by atoms with E-state index in [2.05, 4.69) is 5.32 Å². The van der Waals surface area contributed by atoms with Crippen LogP contribution in [0, 0.1) is 0 Å². The average molecular weight is 364 g/mol. The maximum Gasteiger partial charge on any atom is 0.252 e. The van der Waals surface area contributed by atoms with Gasteiger partial charge in [0.1, 0.15) is 11.5 Å². The average Bonchev–Trinajstić information content (AvgIpc) is 2.60. The maximum atomic E-state index is 12.5. The molecule has 1 amide bonds. The summed E-state index contributed by atoms with van der Waals surface area (Å²) in [7, 11) is -0.730. The minimum Gasteiger partial charge on any atom is -0.497 e. The molecule has 0 aliphatic rings. The molecule has 0 heterocycles. The lowest BCUT2D eigenvalue weighted by Gasteiger charge is -2.15. The van der Waals surface area contributed by atoms with Gasteiger partial charge in [0.2, 0.25) is 10.0 Å². The zero-order valence-electron chi connectivity index (χ0n) is 14.1. The first kappa shape index (κ1) is 18.8. The van der Waals surface area contributed by atoms with Crippen LogP contribution in [0.5, 0.6) is 11.5 Å². The van der Waals surface area contributed by atoms with Gasteiger partial charge in [0.25, 0.3) is 5.91 Å². The standard InChI is InChI=1S/C17H20N2O5S/c1-11(12-4-6-16(7-5-12)25(18,21)22)19-17(20)13-8-14(23-2)10-15(9-13)24-3/h4-11H,1-3H3,(H,19,20)(H2,18,21,22)/t11-/m0/s1. The molecule has 0 bridgehead atoms. The van der Waals surface area contributed by atoms with Crippen LogP contribution in [0.3, 0.4) is 0 Å². The van der Waals surface area contributed by atoms with E-state index in [4.69, 9.17) is 14.6 Å². The highest BCUT2D eigenvalue weighted by atomic mass is 32.2. The fourth-order valence-corrected chi connectivity index (χ4v) is 2.76. The number of rotatable bonds is 6. The van der Waals surface area contributed by atoms with Crippen LogP contribution < -0.4 is 19.9 Å². The SMILES string of the molecule is COc1cc(OC)cc(C(=O)N[C@@H](C)c2ccc(S(N)(=O)=O)cc2)c1. The van der Waals surface area contributed by atoms with Crippen molar-refractivity contribution in [1.82, 2.24) is 5.32 Å². The van der Waals surface area contributed by atoms with Crippen LogP contribution in [0.15, 0.2) is 47.4 Å². The first-order valence-corrected chi connectivity index (χ1v) is 8.96. The van der Waals surface area contributed by atoms with E-state index in [9.17, 15) is 13.2 Å². The fraction of sp³-hybridized carbons (Fsp3) is 0.235. The highest BCUT2D eigenvalue weighted by Crippen LogP contribution is 2.23. The number of hydrogen-bond acceptors (Lipinski definition) is 5. The number of amides is 1. The number of carbonyl (C=O) groups is 1. The Morgan fingerprint density at radius 2 is 1.56 bits per heavy atom. The molecule has 2 aromatic rings. The molecule has 0 aliphatic heterocycles. The van der Waals surface area contributed by atoms with Gasteiger partial charge in [0.05, 0.1) is 25.2 Å². The van der Waals surface area contributed by atoms with Crippen LogP contribution >= 0.6 is 0 Å². The molecule has 0 radical (unpaired) electrons. The summed E-state index contributed by atoms with van der Waals surface area (Å²) < 4.78 is 32.9. The number of methoxy groups -OCH3 is 2. The zero-order valence-corrected chi connectivity index (χ0v) is 15.0. The largest absolute Gasteiger partial charge is 0.497 e. The second-order valence-electron chi connectivity index (χ2n) is 5.41. The lowest BCUT2D eigenvalue weighted by molar-refractivity contribution is 0.0939. The van der Waals surface area contributed by atoms with Crippen LogP contribution in [-0.4, -0.2) is 28.5 Å². The molecule has 1 atom stereocenters. The Morgan fingerprint density at radius 3 is 2.00 bits per heavy atom. The molecule has 0 saturated carbocycles. The monoisotopic (exact) mass is 364 g/mol. The molecule has 25 heavy (non-hydrogen) atoms. The third-order valence-electron chi connectivity index (χ3n) is 3.67. The van der Waals surface area contributed by atoms with Crippen LogP contribution in [0.1, 0.15) is 28.9 Å². The van der Waals surface area contributed by atoms with Crippen molar-refractivity contribution in [2.75, 3.05) is 14.2 Å². The van der Waals surface area contributed by atoms with E-state index in [1.54, 1.807) is 37.3 Å². The lowest BCUT2D eigenvalue weighted by atomic mass is 10.1. The molecule has 2 aromatic carbocycles. The van der Waals surface area contributed by atoms with E-state index in [-0.39, 0.29) is 16.8 Å². The van der Waals surface area contributed by atoms with Crippen LogP contribution in [-0.2, 0) is 10.0 Å². The summed E-state index contributed by atoms with van der Waals surface area (Å²) in [6, 6.07) is 10.6. The van der Waals surface area contributed by atoms with Crippen molar-refractivity contribution in [3.05, 3.63) is 53.6 Å². The van der Waals surface area contributed by atoms with Crippen molar-refractivity contribution in [1.29, 1.82) is 0 Å². The Bertz CT molecular complexity index is 841. The van der Waals surface area contributed by atoms with Crippen LogP contribution in [0.25, 0.3) is 0 Å². The number of benzene rings is 2. The molecule has 0 aliphatic carbocycles. The van der Waals surface area contributed by atoms with Gasteiger partial charge < -0.3 is 14.8 Å². The molecule has 134 valence electrons. The number of primary sulfonamides is 1. The van der Waals surface area contributed by atoms with E-state index >= 15 is 0 Å². The summed E-state index contributed by atoms with van der Waals surface area (Å²) in [5.74, 6) is 0.713. The van der Waals surface area contributed by atoms with Crippen molar-refractivity contribution < 1.29 is 22.7 Å².